The van der Waals surface area contributed by atoms with Gasteiger partial charge in [-0.15, -0.1) is 0 Å². The fraction of sp³-hybridized carbons (Fsp3) is 0.900. The van der Waals surface area contributed by atoms with Gasteiger partial charge < -0.3 is 15.8 Å². The number of ether oxygens (including phenoxy) is 1. The molecule has 0 saturated carbocycles. The molecule has 1 heterocycles. The molecule has 0 aromatic carbocycles. The Morgan fingerprint density at radius 1 is 1.29 bits per heavy atom. The molecule has 1 rings (SSSR count). The highest BCUT2D eigenvalue weighted by Crippen LogP contribution is 2.30. The lowest BCUT2D eigenvalue weighted by Gasteiger charge is -2.45. The summed E-state index contributed by atoms with van der Waals surface area (Å²) in [4.78, 5) is 10.7. The maximum absolute atomic E-state index is 10.7. The zero-order valence-electron chi connectivity index (χ0n) is 9.39. The maximum Gasteiger partial charge on any atom is 0.404 e. The molecule has 1 aliphatic heterocycles. The van der Waals surface area contributed by atoms with Crippen molar-refractivity contribution < 1.29 is 9.53 Å². The second kappa shape index (κ2) is 3.42. The largest absolute Gasteiger partial charge is 0.446 e. The van der Waals surface area contributed by atoms with E-state index in [-0.39, 0.29) is 17.2 Å². The molecule has 1 aliphatic rings. The summed E-state index contributed by atoms with van der Waals surface area (Å²) in [5.41, 5.74) is 4.99. The summed E-state index contributed by atoms with van der Waals surface area (Å²) in [5, 5.41) is 3.50. The Balaban J connectivity index is 2.66. The molecule has 0 aromatic heterocycles. The summed E-state index contributed by atoms with van der Waals surface area (Å²) < 4.78 is 5.06. The van der Waals surface area contributed by atoms with Crippen molar-refractivity contribution in [1.82, 2.24) is 5.32 Å². The molecule has 1 saturated heterocycles. The number of hydrogen-bond donors (Lipinski definition) is 2. The van der Waals surface area contributed by atoms with Gasteiger partial charge in [-0.25, -0.2) is 4.79 Å². The van der Waals surface area contributed by atoms with Crippen molar-refractivity contribution in [2.24, 2.45) is 5.73 Å². The van der Waals surface area contributed by atoms with E-state index in [9.17, 15) is 4.79 Å². The number of amides is 1. The van der Waals surface area contributed by atoms with Gasteiger partial charge in [0.05, 0.1) is 0 Å². The van der Waals surface area contributed by atoms with Crippen LogP contribution in [0, 0.1) is 0 Å². The summed E-state index contributed by atoms with van der Waals surface area (Å²) in [6, 6.07) is 0. The fourth-order valence-corrected chi connectivity index (χ4v) is 2.48. The van der Waals surface area contributed by atoms with Gasteiger partial charge in [0.25, 0.3) is 0 Å². The number of nitrogens with one attached hydrogen (secondary N) is 1. The molecule has 1 amide bonds. The summed E-state index contributed by atoms with van der Waals surface area (Å²) in [6.45, 7) is 8.41. The molecule has 1 fully saturated rings. The Kier molecular flexibility index (Phi) is 2.76. The van der Waals surface area contributed by atoms with Crippen LogP contribution in [0.2, 0.25) is 0 Å². The third-order valence-corrected chi connectivity index (χ3v) is 2.44. The van der Waals surface area contributed by atoms with Crippen LogP contribution in [0.1, 0.15) is 40.5 Å². The molecule has 4 nitrogen and oxygen atoms in total. The van der Waals surface area contributed by atoms with Crippen LogP contribution >= 0.6 is 0 Å². The average molecular weight is 200 g/mol. The van der Waals surface area contributed by atoms with Crippen molar-refractivity contribution in [3.05, 3.63) is 0 Å². The van der Waals surface area contributed by atoms with Crippen LogP contribution in [0.15, 0.2) is 0 Å². The standard InChI is InChI=1S/C10H20N2O2/c1-9(2)5-7(14-8(11)13)6-10(3,4)12-9/h7,12H,5-6H2,1-4H3,(H2,11,13). The third-order valence-electron chi connectivity index (χ3n) is 2.44. The Bertz CT molecular complexity index is 220. The Hall–Kier alpha value is -0.770. The lowest BCUT2D eigenvalue weighted by atomic mass is 9.81. The van der Waals surface area contributed by atoms with Crippen molar-refractivity contribution in [3.8, 4) is 0 Å². The van der Waals surface area contributed by atoms with Crippen LogP contribution < -0.4 is 11.1 Å². The summed E-state index contributed by atoms with van der Waals surface area (Å²) in [6.07, 6.45) is 0.862. The first kappa shape index (κ1) is 11.3. The second-order valence-corrected chi connectivity index (χ2v) is 5.36. The molecule has 0 radical (unpaired) electrons. The minimum absolute atomic E-state index is 0.0120. The molecular weight excluding hydrogens is 180 g/mol. The van der Waals surface area contributed by atoms with E-state index in [1.165, 1.54) is 0 Å². The van der Waals surface area contributed by atoms with E-state index in [0.29, 0.717) is 0 Å². The van der Waals surface area contributed by atoms with Gasteiger partial charge in [0, 0.05) is 23.9 Å². The highest BCUT2D eigenvalue weighted by molar-refractivity contribution is 5.64. The molecule has 0 aromatic rings. The molecule has 0 spiro atoms. The first-order chi connectivity index (χ1) is 6.20. The van der Waals surface area contributed by atoms with Gasteiger partial charge in [-0.1, -0.05) is 0 Å². The van der Waals surface area contributed by atoms with Gasteiger partial charge in [0.2, 0.25) is 0 Å². The smallest absolute Gasteiger partial charge is 0.404 e. The number of carbonyl (C=O) groups is 1. The van der Waals surface area contributed by atoms with Gasteiger partial charge in [-0.3, -0.25) is 0 Å². The minimum atomic E-state index is -0.677. The quantitative estimate of drug-likeness (QED) is 0.672. The normalized spacial score (nSPS) is 25.7. The SMILES string of the molecule is CC1(C)CC(OC(N)=O)CC(C)(C)N1. The predicted molar refractivity (Wildman–Crippen MR) is 55.0 cm³/mol. The third kappa shape index (κ3) is 3.18. The maximum atomic E-state index is 10.7. The Morgan fingerprint density at radius 2 is 1.71 bits per heavy atom. The van der Waals surface area contributed by atoms with E-state index in [0.717, 1.165) is 12.8 Å². The molecule has 82 valence electrons. The number of primary amides is 1. The van der Waals surface area contributed by atoms with E-state index < -0.39 is 6.09 Å². The lowest BCUT2D eigenvalue weighted by molar-refractivity contribution is 0.0235. The van der Waals surface area contributed by atoms with Gasteiger partial charge in [-0.2, -0.15) is 0 Å². The van der Waals surface area contributed by atoms with Crippen molar-refractivity contribution in [3.63, 3.8) is 0 Å². The molecular formula is C10H20N2O2. The van der Waals surface area contributed by atoms with Crippen LogP contribution in [-0.2, 0) is 4.74 Å². The second-order valence-electron chi connectivity index (χ2n) is 5.36. The zero-order chi connectivity index (χ0) is 11.0. The van der Waals surface area contributed by atoms with Crippen LogP contribution in [0.4, 0.5) is 4.79 Å². The molecule has 4 heteroatoms. The van der Waals surface area contributed by atoms with Gasteiger partial charge in [-0.05, 0) is 27.7 Å². The molecule has 0 bridgehead atoms. The highest BCUT2D eigenvalue weighted by Gasteiger charge is 2.39. The zero-order valence-corrected chi connectivity index (χ0v) is 9.39. The van der Waals surface area contributed by atoms with Crippen LogP contribution in [0.5, 0.6) is 0 Å². The molecule has 0 unspecified atom stereocenters. The first-order valence-corrected chi connectivity index (χ1v) is 4.96. The topological polar surface area (TPSA) is 64.3 Å². The van der Waals surface area contributed by atoms with E-state index in [2.05, 4.69) is 33.0 Å². The van der Waals surface area contributed by atoms with Crippen LogP contribution in [-0.4, -0.2) is 23.3 Å². The lowest BCUT2D eigenvalue weighted by Crippen LogP contribution is -2.59. The number of hydrogen-bond acceptors (Lipinski definition) is 3. The van der Waals surface area contributed by atoms with Crippen molar-refractivity contribution >= 4 is 6.09 Å². The van der Waals surface area contributed by atoms with E-state index in [1.54, 1.807) is 0 Å². The first-order valence-electron chi connectivity index (χ1n) is 4.96. The van der Waals surface area contributed by atoms with E-state index in [1.807, 2.05) is 0 Å². The van der Waals surface area contributed by atoms with Gasteiger partial charge in [0.15, 0.2) is 0 Å². The summed E-state index contributed by atoms with van der Waals surface area (Å²) in [5.74, 6) is 0. The van der Waals surface area contributed by atoms with Crippen molar-refractivity contribution in [2.45, 2.75) is 57.7 Å². The molecule has 3 N–H and O–H groups in total. The summed E-state index contributed by atoms with van der Waals surface area (Å²) in [7, 11) is 0. The predicted octanol–water partition coefficient (Wildman–Crippen LogP) is 1.39. The van der Waals surface area contributed by atoms with Crippen LogP contribution in [0.3, 0.4) is 0 Å². The molecule has 0 aliphatic carbocycles. The number of carbonyl (C=O) groups excluding carboxylic acids is 1. The molecule has 0 atom stereocenters. The summed E-state index contributed by atoms with van der Waals surface area (Å²) >= 11 is 0. The number of rotatable bonds is 1. The van der Waals surface area contributed by atoms with Crippen molar-refractivity contribution in [2.75, 3.05) is 0 Å². The average Bonchev–Trinajstić information content (AvgIpc) is 1.74. The minimum Gasteiger partial charge on any atom is -0.446 e. The number of nitrogens with two attached hydrogens (primary N) is 1. The van der Waals surface area contributed by atoms with Gasteiger partial charge >= 0.3 is 6.09 Å². The van der Waals surface area contributed by atoms with E-state index >= 15 is 0 Å². The van der Waals surface area contributed by atoms with Crippen molar-refractivity contribution in [1.29, 1.82) is 0 Å². The van der Waals surface area contributed by atoms with Crippen LogP contribution in [0.25, 0.3) is 0 Å². The molecule has 14 heavy (non-hydrogen) atoms. The Morgan fingerprint density at radius 3 is 2.07 bits per heavy atom. The fourth-order valence-electron chi connectivity index (χ4n) is 2.48. The Labute approximate surface area is 85.2 Å². The van der Waals surface area contributed by atoms with E-state index in [4.69, 9.17) is 10.5 Å². The highest BCUT2D eigenvalue weighted by atomic mass is 16.6. The number of piperidine rings is 1. The monoisotopic (exact) mass is 200 g/mol. The van der Waals surface area contributed by atoms with Gasteiger partial charge in [0.1, 0.15) is 6.10 Å².